The average Bonchev–Trinajstić information content (AvgIpc) is 2.33. The fourth-order valence-electron chi connectivity index (χ4n) is 1.92. The quantitative estimate of drug-likeness (QED) is 0.781. The number of hydrogen-bond donors (Lipinski definition) is 0. The molecule has 1 saturated heterocycles. The number of rotatable bonds is 2. The summed E-state index contributed by atoms with van der Waals surface area (Å²) in [6, 6.07) is 5.91. The summed E-state index contributed by atoms with van der Waals surface area (Å²) in [6.45, 7) is 4.38. The van der Waals surface area contributed by atoms with E-state index in [9.17, 15) is 0 Å². The highest BCUT2D eigenvalue weighted by atomic mass is 79.9. The molecule has 1 aromatic rings. The monoisotopic (exact) mass is 284 g/mol. The molecule has 0 saturated carbocycles. The molecular formula is C12H17BrN2O. The minimum atomic E-state index is 0.550. The Morgan fingerprint density at radius 1 is 1.50 bits per heavy atom. The molecule has 1 aliphatic heterocycles. The Bertz CT molecular complexity index is 359. The van der Waals surface area contributed by atoms with Gasteiger partial charge in [0.2, 0.25) is 5.88 Å². The van der Waals surface area contributed by atoms with E-state index in [0.29, 0.717) is 10.7 Å². The first-order chi connectivity index (χ1) is 7.70. The Morgan fingerprint density at radius 3 is 3.00 bits per heavy atom. The molecule has 0 aromatic carbocycles. The molecular weight excluding hydrogens is 268 g/mol. The lowest BCUT2D eigenvalue weighted by Gasteiger charge is -2.35. The SMILES string of the molecule is COc1cccc(N2CCC(C)C(Br)C2)n1. The molecule has 1 fully saturated rings. The molecule has 0 bridgehead atoms. The van der Waals surface area contributed by atoms with Crippen LogP contribution in [0.25, 0.3) is 0 Å². The number of nitrogens with zero attached hydrogens (tertiary/aromatic N) is 2. The van der Waals surface area contributed by atoms with Crippen LogP contribution in [0.15, 0.2) is 18.2 Å². The van der Waals surface area contributed by atoms with Crippen molar-refractivity contribution in [2.45, 2.75) is 18.2 Å². The Kier molecular flexibility index (Phi) is 3.69. The number of anilines is 1. The number of halogens is 1. The molecule has 2 unspecified atom stereocenters. The van der Waals surface area contributed by atoms with Gasteiger partial charge in [0.05, 0.1) is 7.11 Å². The Hall–Kier alpha value is -0.770. The van der Waals surface area contributed by atoms with E-state index in [-0.39, 0.29) is 0 Å². The number of piperidine rings is 1. The zero-order valence-corrected chi connectivity index (χ0v) is 11.3. The maximum atomic E-state index is 5.14. The highest BCUT2D eigenvalue weighted by molar-refractivity contribution is 9.09. The van der Waals surface area contributed by atoms with Gasteiger partial charge in [-0.1, -0.05) is 28.9 Å². The molecule has 4 heteroatoms. The van der Waals surface area contributed by atoms with E-state index < -0.39 is 0 Å². The number of pyridine rings is 1. The summed E-state index contributed by atoms with van der Waals surface area (Å²) in [5.74, 6) is 2.43. The molecule has 16 heavy (non-hydrogen) atoms. The summed E-state index contributed by atoms with van der Waals surface area (Å²) in [6.07, 6.45) is 1.20. The van der Waals surface area contributed by atoms with Crippen molar-refractivity contribution in [2.24, 2.45) is 5.92 Å². The third-order valence-corrected chi connectivity index (χ3v) is 4.30. The predicted molar refractivity (Wildman–Crippen MR) is 69.5 cm³/mol. The van der Waals surface area contributed by atoms with Crippen molar-refractivity contribution in [3.05, 3.63) is 18.2 Å². The molecule has 0 aliphatic carbocycles. The second-order valence-electron chi connectivity index (χ2n) is 4.27. The van der Waals surface area contributed by atoms with E-state index in [4.69, 9.17) is 4.74 Å². The minimum Gasteiger partial charge on any atom is -0.481 e. The van der Waals surface area contributed by atoms with E-state index >= 15 is 0 Å². The number of ether oxygens (including phenoxy) is 1. The number of alkyl halides is 1. The molecule has 2 heterocycles. The van der Waals surface area contributed by atoms with Crippen molar-refractivity contribution in [1.82, 2.24) is 4.98 Å². The summed E-state index contributed by atoms with van der Waals surface area (Å²) in [5.41, 5.74) is 0. The second kappa shape index (κ2) is 5.04. The molecule has 2 atom stereocenters. The maximum Gasteiger partial charge on any atom is 0.214 e. The van der Waals surface area contributed by atoms with E-state index in [2.05, 4.69) is 32.7 Å². The molecule has 0 N–H and O–H groups in total. The zero-order valence-electron chi connectivity index (χ0n) is 9.69. The van der Waals surface area contributed by atoms with Crippen molar-refractivity contribution in [1.29, 1.82) is 0 Å². The Morgan fingerprint density at radius 2 is 2.31 bits per heavy atom. The Labute approximate surface area is 105 Å². The zero-order chi connectivity index (χ0) is 11.5. The summed E-state index contributed by atoms with van der Waals surface area (Å²) in [5, 5.41) is 0. The fourth-order valence-corrected chi connectivity index (χ4v) is 2.54. The van der Waals surface area contributed by atoms with Crippen LogP contribution in [0.2, 0.25) is 0 Å². The molecule has 3 nitrogen and oxygen atoms in total. The van der Waals surface area contributed by atoms with Crippen molar-refractivity contribution in [3.63, 3.8) is 0 Å². The van der Waals surface area contributed by atoms with Gasteiger partial charge in [0.15, 0.2) is 0 Å². The predicted octanol–water partition coefficient (Wildman–Crippen LogP) is 2.70. The molecule has 0 spiro atoms. The Balaban J connectivity index is 2.12. The van der Waals surface area contributed by atoms with Gasteiger partial charge in [0, 0.05) is 24.0 Å². The average molecular weight is 285 g/mol. The van der Waals surface area contributed by atoms with Gasteiger partial charge in [0.25, 0.3) is 0 Å². The first-order valence-corrected chi connectivity index (χ1v) is 6.52. The lowest BCUT2D eigenvalue weighted by molar-refractivity contribution is 0.396. The number of methoxy groups -OCH3 is 1. The van der Waals surface area contributed by atoms with Crippen LogP contribution in [-0.2, 0) is 0 Å². The normalized spacial score (nSPS) is 25.6. The van der Waals surface area contributed by atoms with Crippen LogP contribution in [-0.4, -0.2) is 30.0 Å². The fraction of sp³-hybridized carbons (Fsp3) is 0.583. The molecule has 1 aliphatic rings. The van der Waals surface area contributed by atoms with E-state index in [0.717, 1.165) is 24.8 Å². The van der Waals surface area contributed by atoms with Crippen molar-refractivity contribution >= 4 is 21.7 Å². The number of hydrogen-bond acceptors (Lipinski definition) is 3. The topological polar surface area (TPSA) is 25.4 Å². The van der Waals surface area contributed by atoms with Crippen LogP contribution in [0.3, 0.4) is 0 Å². The van der Waals surface area contributed by atoms with Gasteiger partial charge in [-0.25, -0.2) is 0 Å². The van der Waals surface area contributed by atoms with E-state index in [1.54, 1.807) is 7.11 Å². The summed E-state index contributed by atoms with van der Waals surface area (Å²) in [7, 11) is 1.65. The molecule has 0 radical (unpaired) electrons. The van der Waals surface area contributed by atoms with Crippen LogP contribution in [0, 0.1) is 5.92 Å². The van der Waals surface area contributed by atoms with Crippen LogP contribution < -0.4 is 9.64 Å². The third-order valence-electron chi connectivity index (χ3n) is 3.11. The smallest absolute Gasteiger partial charge is 0.214 e. The lowest BCUT2D eigenvalue weighted by Crippen LogP contribution is -2.40. The van der Waals surface area contributed by atoms with Crippen LogP contribution in [0.4, 0.5) is 5.82 Å². The standard InChI is InChI=1S/C12H17BrN2O/c1-9-6-7-15(8-10(9)13)11-4-3-5-12(14-11)16-2/h3-5,9-10H,6-8H2,1-2H3. The lowest BCUT2D eigenvalue weighted by atomic mass is 9.99. The summed E-state index contributed by atoms with van der Waals surface area (Å²) < 4.78 is 5.14. The maximum absolute atomic E-state index is 5.14. The third kappa shape index (κ3) is 2.48. The van der Waals surface area contributed by atoms with Crippen LogP contribution in [0.5, 0.6) is 5.88 Å². The number of aromatic nitrogens is 1. The molecule has 2 rings (SSSR count). The van der Waals surface area contributed by atoms with Gasteiger partial charge in [-0.05, 0) is 18.4 Å². The van der Waals surface area contributed by atoms with Gasteiger partial charge in [0.1, 0.15) is 5.82 Å². The summed E-state index contributed by atoms with van der Waals surface area (Å²) >= 11 is 3.73. The molecule has 0 amide bonds. The van der Waals surface area contributed by atoms with Crippen molar-refractivity contribution in [2.75, 3.05) is 25.1 Å². The van der Waals surface area contributed by atoms with Crippen LogP contribution >= 0.6 is 15.9 Å². The van der Waals surface area contributed by atoms with E-state index in [1.807, 2.05) is 18.2 Å². The largest absolute Gasteiger partial charge is 0.481 e. The van der Waals surface area contributed by atoms with Gasteiger partial charge in [-0.15, -0.1) is 0 Å². The van der Waals surface area contributed by atoms with Crippen LogP contribution in [0.1, 0.15) is 13.3 Å². The van der Waals surface area contributed by atoms with Gasteiger partial charge in [-0.3, -0.25) is 0 Å². The molecule has 88 valence electrons. The molecule has 1 aromatic heterocycles. The van der Waals surface area contributed by atoms with Gasteiger partial charge < -0.3 is 9.64 Å². The van der Waals surface area contributed by atoms with Gasteiger partial charge >= 0.3 is 0 Å². The highest BCUT2D eigenvalue weighted by Gasteiger charge is 2.24. The van der Waals surface area contributed by atoms with Crippen molar-refractivity contribution in [3.8, 4) is 5.88 Å². The second-order valence-corrected chi connectivity index (χ2v) is 5.44. The first-order valence-electron chi connectivity index (χ1n) is 5.61. The van der Waals surface area contributed by atoms with E-state index in [1.165, 1.54) is 6.42 Å². The summed E-state index contributed by atoms with van der Waals surface area (Å²) in [4.78, 5) is 7.31. The highest BCUT2D eigenvalue weighted by Crippen LogP contribution is 2.27. The van der Waals surface area contributed by atoms with Crippen molar-refractivity contribution < 1.29 is 4.74 Å². The minimum absolute atomic E-state index is 0.550. The first kappa shape index (κ1) is 11.7. The van der Waals surface area contributed by atoms with Gasteiger partial charge in [-0.2, -0.15) is 4.98 Å².